The summed E-state index contributed by atoms with van der Waals surface area (Å²) in [6.07, 6.45) is 0.936. The fraction of sp³-hybridized carbons (Fsp3) is 0. The second kappa shape index (κ2) is 4.72. The molecule has 2 aromatic rings. The summed E-state index contributed by atoms with van der Waals surface area (Å²) in [6, 6.07) is 5.09. The summed E-state index contributed by atoms with van der Waals surface area (Å²) in [5.74, 6) is -2.90. The summed E-state index contributed by atoms with van der Waals surface area (Å²) >= 11 is 0. The number of carbonyl (C=O) groups excluding carboxylic acids is 1. The number of amides is 1. The number of halogens is 1. The van der Waals surface area contributed by atoms with Gasteiger partial charge in [0.2, 0.25) is 18.1 Å². The molecule has 0 aliphatic carbocycles. The number of rotatable bonds is 2. The smallest absolute Gasteiger partial charge is 0.286 e. The number of aromatic nitrogens is 2. The molecule has 0 atom stereocenters. The molecule has 0 saturated heterocycles. The van der Waals surface area contributed by atoms with E-state index in [0.29, 0.717) is 0 Å². The van der Waals surface area contributed by atoms with Crippen LogP contribution in [0.5, 0.6) is 0 Å². The minimum Gasteiger partial charge on any atom is -0.342 e. The van der Waals surface area contributed by atoms with Crippen LogP contribution in [-0.4, -0.2) is 32.2 Å². The van der Waals surface area contributed by atoms with Gasteiger partial charge in [0.05, 0.1) is 5.56 Å². The molecule has 8 heteroatoms. The zero-order valence-corrected chi connectivity index (χ0v) is 8.87. The van der Waals surface area contributed by atoms with Crippen LogP contribution in [0.2, 0.25) is 0 Å². The van der Waals surface area contributed by atoms with Crippen LogP contribution in [0, 0.1) is 11.2 Å². The second-order valence-corrected chi connectivity index (χ2v) is 3.20. The van der Waals surface area contributed by atoms with Gasteiger partial charge in [-0.15, -0.1) is 0 Å². The number of benzene rings is 1. The lowest BCUT2D eigenvalue weighted by Gasteiger charge is -2.13. The Hall–Kier alpha value is -2.61. The lowest BCUT2D eigenvalue weighted by molar-refractivity contribution is -0.00389. The van der Waals surface area contributed by atoms with Crippen LogP contribution in [0.1, 0.15) is 16.2 Å². The highest BCUT2D eigenvalue weighted by Crippen LogP contribution is 2.10. The Balaban J connectivity index is 2.25. The first-order valence-electron chi connectivity index (χ1n) is 4.74. The number of hydroxylamine groups is 2. The summed E-state index contributed by atoms with van der Waals surface area (Å²) in [7, 11) is 0. The fourth-order valence-electron chi connectivity index (χ4n) is 1.22. The normalized spacial score (nSPS) is 10.1. The maximum absolute atomic E-state index is 13.3. The first-order valence-corrected chi connectivity index (χ1v) is 4.74. The highest BCUT2D eigenvalue weighted by atomic mass is 19.1. The van der Waals surface area contributed by atoms with Crippen LogP contribution in [0.15, 0.2) is 35.2 Å². The van der Waals surface area contributed by atoms with E-state index in [-0.39, 0.29) is 16.5 Å². The number of nitrogens with zero attached hydrogens (tertiary/aromatic N) is 3. The van der Waals surface area contributed by atoms with Gasteiger partial charge in [-0.3, -0.25) is 15.4 Å². The Morgan fingerprint density at radius 3 is 2.78 bits per heavy atom. The molecule has 0 radical (unpaired) electrons. The van der Waals surface area contributed by atoms with E-state index < -0.39 is 17.6 Å². The molecule has 0 aliphatic heterocycles. The Labute approximate surface area is 99.9 Å². The van der Waals surface area contributed by atoms with Gasteiger partial charge in [0.25, 0.3) is 5.91 Å². The average molecular weight is 250 g/mol. The van der Waals surface area contributed by atoms with Crippen LogP contribution in [-0.2, 0) is 0 Å². The monoisotopic (exact) mass is 250 g/mol. The van der Waals surface area contributed by atoms with E-state index in [9.17, 15) is 14.4 Å². The van der Waals surface area contributed by atoms with Crippen molar-refractivity contribution in [2.24, 2.45) is 0 Å². The first-order chi connectivity index (χ1) is 8.61. The van der Waals surface area contributed by atoms with Crippen LogP contribution < -0.4 is 0 Å². The molecule has 0 fully saturated rings. The summed E-state index contributed by atoms with van der Waals surface area (Å²) in [4.78, 5) is 15.2. The minimum atomic E-state index is -1.09. The van der Waals surface area contributed by atoms with Crippen molar-refractivity contribution in [1.82, 2.24) is 15.2 Å². The van der Waals surface area contributed by atoms with Gasteiger partial charge >= 0.3 is 0 Å². The Morgan fingerprint density at radius 2 is 2.17 bits per heavy atom. The van der Waals surface area contributed by atoms with Gasteiger partial charge in [0, 0.05) is 0 Å². The van der Waals surface area contributed by atoms with E-state index in [1.54, 1.807) is 0 Å². The van der Waals surface area contributed by atoms with Crippen LogP contribution in [0.4, 0.5) is 4.39 Å². The SMILES string of the molecule is N=C(c1ncon1)N(O)C(=O)c1ccccc1F. The van der Waals surface area contributed by atoms with Crippen molar-refractivity contribution < 1.29 is 18.9 Å². The molecule has 92 valence electrons. The lowest BCUT2D eigenvalue weighted by atomic mass is 10.2. The maximum Gasteiger partial charge on any atom is 0.286 e. The molecule has 1 amide bonds. The van der Waals surface area contributed by atoms with E-state index in [2.05, 4.69) is 14.7 Å². The molecule has 7 nitrogen and oxygen atoms in total. The van der Waals surface area contributed by atoms with Gasteiger partial charge in [-0.1, -0.05) is 17.3 Å². The zero-order chi connectivity index (χ0) is 13.1. The largest absolute Gasteiger partial charge is 0.342 e. The molecule has 1 aromatic heterocycles. The molecule has 0 unspecified atom stereocenters. The Morgan fingerprint density at radius 1 is 1.44 bits per heavy atom. The maximum atomic E-state index is 13.3. The molecule has 0 spiro atoms. The minimum absolute atomic E-state index is 0.0523. The predicted molar refractivity (Wildman–Crippen MR) is 55.5 cm³/mol. The fourth-order valence-corrected chi connectivity index (χ4v) is 1.22. The van der Waals surface area contributed by atoms with Crippen LogP contribution >= 0.6 is 0 Å². The van der Waals surface area contributed by atoms with Gasteiger partial charge < -0.3 is 4.52 Å². The van der Waals surface area contributed by atoms with Gasteiger partial charge in [-0.05, 0) is 12.1 Å². The highest BCUT2D eigenvalue weighted by Gasteiger charge is 2.24. The van der Waals surface area contributed by atoms with Crippen molar-refractivity contribution in [2.75, 3.05) is 0 Å². The topological polar surface area (TPSA) is 103 Å². The number of nitrogens with one attached hydrogen (secondary N) is 1. The first kappa shape index (κ1) is 11.9. The summed E-state index contributed by atoms with van der Waals surface area (Å²) in [5.41, 5.74) is -0.367. The zero-order valence-electron chi connectivity index (χ0n) is 8.87. The molecule has 0 bridgehead atoms. The number of carbonyl (C=O) groups is 1. The summed E-state index contributed by atoms with van der Waals surface area (Å²) < 4.78 is 17.7. The van der Waals surface area contributed by atoms with E-state index in [1.807, 2.05) is 0 Å². The van der Waals surface area contributed by atoms with E-state index in [4.69, 9.17) is 5.41 Å². The molecule has 1 aromatic carbocycles. The van der Waals surface area contributed by atoms with E-state index >= 15 is 0 Å². The quantitative estimate of drug-likeness (QED) is 0.359. The Kier molecular flexibility index (Phi) is 3.11. The van der Waals surface area contributed by atoms with Crippen molar-refractivity contribution in [3.63, 3.8) is 0 Å². The second-order valence-electron chi connectivity index (χ2n) is 3.20. The molecule has 2 rings (SSSR count). The van der Waals surface area contributed by atoms with Crippen molar-refractivity contribution in [1.29, 1.82) is 5.41 Å². The summed E-state index contributed by atoms with van der Waals surface area (Å²) in [5, 5.41) is 20.2. The van der Waals surface area contributed by atoms with E-state index in [0.717, 1.165) is 12.5 Å². The van der Waals surface area contributed by atoms with Crippen molar-refractivity contribution in [3.05, 3.63) is 47.9 Å². The number of amidine groups is 1. The third-order valence-electron chi connectivity index (χ3n) is 2.08. The molecule has 0 aliphatic rings. The van der Waals surface area contributed by atoms with Gasteiger partial charge in [0.1, 0.15) is 5.82 Å². The van der Waals surface area contributed by atoms with Crippen molar-refractivity contribution >= 4 is 11.7 Å². The van der Waals surface area contributed by atoms with E-state index in [1.165, 1.54) is 18.2 Å². The van der Waals surface area contributed by atoms with Gasteiger partial charge in [-0.25, -0.2) is 4.39 Å². The molecule has 18 heavy (non-hydrogen) atoms. The molecular formula is C10H7FN4O3. The third kappa shape index (κ3) is 2.09. The molecule has 1 heterocycles. The van der Waals surface area contributed by atoms with Crippen LogP contribution in [0.3, 0.4) is 0 Å². The van der Waals surface area contributed by atoms with Crippen molar-refractivity contribution in [2.45, 2.75) is 0 Å². The van der Waals surface area contributed by atoms with Gasteiger partial charge in [-0.2, -0.15) is 10.0 Å². The Bertz CT molecular complexity index is 585. The predicted octanol–water partition coefficient (Wildman–Crippen LogP) is 1.07. The van der Waals surface area contributed by atoms with Gasteiger partial charge in [0.15, 0.2) is 0 Å². The lowest BCUT2D eigenvalue weighted by Crippen LogP contribution is -2.35. The van der Waals surface area contributed by atoms with Crippen LogP contribution in [0.25, 0.3) is 0 Å². The summed E-state index contributed by atoms with van der Waals surface area (Å²) in [6.45, 7) is 0. The number of hydrogen-bond donors (Lipinski definition) is 2. The number of hydrogen-bond acceptors (Lipinski definition) is 6. The van der Waals surface area contributed by atoms with Crippen molar-refractivity contribution in [3.8, 4) is 0 Å². The standard InChI is InChI=1S/C10H7FN4O3/c11-7-4-2-1-3-6(7)10(16)15(17)8(12)9-13-5-18-14-9/h1-5,12,17H. The molecule has 0 saturated carbocycles. The average Bonchev–Trinajstić information content (AvgIpc) is 2.90. The molecular weight excluding hydrogens is 243 g/mol. The molecule has 2 N–H and O–H groups in total. The third-order valence-corrected chi connectivity index (χ3v) is 2.08. The highest BCUT2D eigenvalue weighted by molar-refractivity contribution is 6.08.